The van der Waals surface area contributed by atoms with E-state index >= 15 is 0 Å². The van der Waals surface area contributed by atoms with Gasteiger partial charge in [0.05, 0.1) is 24.3 Å². The first kappa shape index (κ1) is 23.6. The second-order valence-corrected chi connectivity index (χ2v) is 8.04. The van der Waals surface area contributed by atoms with Crippen molar-refractivity contribution in [2.24, 2.45) is 0 Å². The summed E-state index contributed by atoms with van der Waals surface area (Å²) >= 11 is 6.11. The maximum absolute atomic E-state index is 14.1. The third-order valence-electron chi connectivity index (χ3n) is 5.39. The highest BCUT2D eigenvalue weighted by Crippen LogP contribution is 2.39. The van der Waals surface area contributed by atoms with Gasteiger partial charge in [0.2, 0.25) is 5.95 Å². The third kappa shape index (κ3) is 4.56. The summed E-state index contributed by atoms with van der Waals surface area (Å²) < 4.78 is 32.5. The monoisotopic (exact) mass is 486 g/mol. The Morgan fingerprint density at radius 2 is 2.09 bits per heavy atom. The first-order valence-electron chi connectivity index (χ1n) is 10.7. The van der Waals surface area contributed by atoms with E-state index in [4.69, 9.17) is 25.8 Å². The van der Waals surface area contributed by atoms with Gasteiger partial charge in [0.15, 0.2) is 11.5 Å². The Labute approximate surface area is 201 Å². The van der Waals surface area contributed by atoms with E-state index in [1.807, 2.05) is 6.92 Å². The van der Waals surface area contributed by atoms with Gasteiger partial charge in [-0.3, -0.25) is 0 Å². The molecule has 2 heterocycles. The minimum Gasteiger partial charge on any atom is -0.493 e. The Morgan fingerprint density at radius 1 is 1.26 bits per heavy atom. The van der Waals surface area contributed by atoms with Gasteiger partial charge in [-0.15, -0.1) is 0 Å². The molecule has 0 amide bonds. The standard InChI is InChI=1S/C24H24ClFN4O4/c1-4-10-33-23(31)21-14(2)29-24-27-13-28-30(24)22(21)15-8-9-19(20(11-15)32-3)34-12-16-17(25)6-5-7-18(16)26/h5-9,11,13,22H,4,10,12H2,1-3H3,(H,27,28,29). The molecule has 1 aromatic heterocycles. The molecule has 1 atom stereocenters. The molecule has 178 valence electrons. The van der Waals surface area contributed by atoms with E-state index in [-0.39, 0.29) is 17.2 Å². The highest BCUT2D eigenvalue weighted by atomic mass is 35.5. The molecule has 1 aliphatic rings. The summed E-state index contributed by atoms with van der Waals surface area (Å²) in [6.07, 6.45) is 2.12. The quantitative estimate of drug-likeness (QED) is 0.453. The molecule has 2 aromatic carbocycles. The zero-order valence-electron chi connectivity index (χ0n) is 19.0. The molecule has 1 unspecified atom stereocenters. The van der Waals surface area contributed by atoms with Crippen LogP contribution in [0, 0.1) is 5.82 Å². The molecule has 4 rings (SSSR count). The zero-order valence-corrected chi connectivity index (χ0v) is 19.7. The van der Waals surface area contributed by atoms with Crippen LogP contribution in [0.2, 0.25) is 5.02 Å². The molecule has 0 saturated heterocycles. The number of halogens is 2. The number of rotatable bonds is 8. The van der Waals surface area contributed by atoms with E-state index in [1.165, 1.54) is 25.6 Å². The number of methoxy groups -OCH3 is 1. The Kier molecular flexibility index (Phi) is 7.02. The molecular weight excluding hydrogens is 463 g/mol. The molecule has 0 saturated carbocycles. The van der Waals surface area contributed by atoms with E-state index in [2.05, 4.69) is 15.4 Å². The topological polar surface area (TPSA) is 87.5 Å². The van der Waals surface area contributed by atoms with E-state index in [9.17, 15) is 9.18 Å². The summed E-state index contributed by atoms with van der Waals surface area (Å²) in [6.45, 7) is 3.95. The maximum atomic E-state index is 14.1. The highest BCUT2D eigenvalue weighted by Gasteiger charge is 2.34. The minimum atomic E-state index is -0.591. The van der Waals surface area contributed by atoms with Crippen molar-refractivity contribution in [3.05, 3.63) is 76.0 Å². The fourth-order valence-corrected chi connectivity index (χ4v) is 3.95. The van der Waals surface area contributed by atoms with E-state index in [0.717, 1.165) is 0 Å². The Hall–Kier alpha value is -3.59. The molecule has 0 radical (unpaired) electrons. The second kappa shape index (κ2) is 10.1. The van der Waals surface area contributed by atoms with Crippen LogP contribution in [0.3, 0.4) is 0 Å². The normalized spacial score (nSPS) is 14.9. The minimum absolute atomic E-state index is 0.0740. The average Bonchev–Trinajstić information content (AvgIpc) is 3.29. The summed E-state index contributed by atoms with van der Waals surface area (Å²) in [7, 11) is 1.50. The van der Waals surface area contributed by atoms with Crippen molar-refractivity contribution in [3.8, 4) is 11.5 Å². The number of carbonyl (C=O) groups is 1. The number of hydrogen-bond acceptors (Lipinski definition) is 7. The molecular formula is C24H24ClFN4O4. The van der Waals surface area contributed by atoms with Gasteiger partial charge in [-0.2, -0.15) is 10.1 Å². The van der Waals surface area contributed by atoms with Crippen LogP contribution in [0.25, 0.3) is 0 Å². The van der Waals surface area contributed by atoms with Gasteiger partial charge in [0.1, 0.15) is 24.8 Å². The number of esters is 1. The molecule has 3 aromatic rings. The first-order chi connectivity index (χ1) is 16.4. The number of ether oxygens (including phenoxy) is 3. The predicted molar refractivity (Wildman–Crippen MR) is 124 cm³/mol. The maximum Gasteiger partial charge on any atom is 0.338 e. The van der Waals surface area contributed by atoms with Crippen molar-refractivity contribution in [2.75, 3.05) is 19.0 Å². The van der Waals surface area contributed by atoms with Crippen LogP contribution in [0.5, 0.6) is 11.5 Å². The number of fused-ring (bicyclic) bond motifs is 1. The van der Waals surface area contributed by atoms with Gasteiger partial charge < -0.3 is 19.5 Å². The Bertz CT molecular complexity index is 1220. The van der Waals surface area contributed by atoms with Crippen molar-refractivity contribution in [1.82, 2.24) is 14.8 Å². The number of carbonyl (C=O) groups excluding carboxylic acids is 1. The SMILES string of the molecule is CCCOC(=O)C1=C(C)Nc2ncnn2C1c1ccc(OCc2c(F)cccc2Cl)c(OC)c1. The molecule has 0 fully saturated rings. The van der Waals surface area contributed by atoms with E-state index in [1.54, 1.807) is 35.9 Å². The number of hydrogen-bond donors (Lipinski definition) is 1. The Balaban J connectivity index is 1.68. The van der Waals surface area contributed by atoms with Gasteiger partial charge >= 0.3 is 5.97 Å². The van der Waals surface area contributed by atoms with Crippen molar-refractivity contribution in [3.63, 3.8) is 0 Å². The summed E-state index contributed by atoms with van der Waals surface area (Å²) in [5.41, 5.74) is 2.00. The molecule has 10 heteroatoms. The van der Waals surface area contributed by atoms with Crippen LogP contribution in [0.15, 0.2) is 54.0 Å². The van der Waals surface area contributed by atoms with Crippen molar-refractivity contribution >= 4 is 23.5 Å². The Morgan fingerprint density at radius 3 is 2.82 bits per heavy atom. The van der Waals surface area contributed by atoms with Crippen molar-refractivity contribution < 1.29 is 23.4 Å². The summed E-state index contributed by atoms with van der Waals surface area (Å²) in [5, 5.41) is 7.69. The fraction of sp³-hybridized carbons (Fsp3) is 0.292. The second-order valence-electron chi connectivity index (χ2n) is 7.63. The lowest BCUT2D eigenvalue weighted by Gasteiger charge is -2.28. The van der Waals surface area contributed by atoms with Crippen LogP contribution < -0.4 is 14.8 Å². The van der Waals surface area contributed by atoms with Crippen LogP contribution in [-0.4, -0.2) is 34.5 Å². The van der Waals surface area contributed by atoms with Gasteiger partial charge in [0, 0.05) is 11.3 Å². The number of allylic oxidation sites excluding steroid dienone is 1. The lowest BCUT2D eigenvalue weighted by Crippen LogP contribution is -2.29. The molecule has 0 aliphatic carbocycles. The number of aromatic nitrogens is 3. The van der Waals surface area contributed by atoms with Crippen molar-refractivity contribution in [1.29, 1.82) is 0 Å². The molecule has 0 bridgehead atoms. The van der Waals surface area contributed by atoms with Gasteiger partial charge in [-0.05, 0) is 43.2 Å². The van der Waals surface area contributed by atoms with Crippen LogP contribution in [0.4, 0.5) is 10.3 Å². The number of anilines is 1. The molecule has 34 heavy (non-hydrogen) atoms. The smallest absolute Gasteiger partial charge is 0.338 e. The molecule has 8 nitrogen and oxygen atoms in total. The highest BCUT2D eigenvalue weighted by molar-refractivity contribution is 6.31. The van der Waals surface area contributed by atoms with Crippen LogP contribution in [0.1, 0.15) is 37.4 Å². The number of nitrogens with zero attached hydrogens (tertiary/aromatic N) is 3. The van der Waals surface area contributed by atoms with Gasteiger partial charge in [-0.1, -0.05) is 30.7 Å². The molecule has 1 N–H and O–H groups in total. The predicted octanol–water partition coefficient (Wildman–Crippen LogP) is 4.90. The van der Waals surface area contributed by atoms with Gasteiger partial charge in [-0.25, -0.2) is 13.9 Å². The van der Waals surface area contributed by atoms with Crippen molar-refractivity contribution in [2.45, 2.75) is 32.9 Å². The summed E-state index contributed by atoms with van der Waals surface area (Å²) in [6, 6.07) is 9.11. The fourth-order valence-electron chi connectivity index (χ4n) is 3.73. The number of benzene rings is 2. The summed E-state index contributed by atoms with van der Waals surface area (Å²) in [4.78, 5) is 17.2. The van der Waals surface area contributed by atoms with E-state index in [0.29, 0.717) is 47.3 Å². The molecule has 0 spiro atoms. The average molecular weight is 487 g/mol. The molecule has 1 aliphatic heterocycles. The zero-order chi connectivity index (χ0) is 24.2. The summed E-state index contributed by atoms with van der Waals surface area (Å²) in [5.74, 6) is 0.417. The lowest BCUT2D eigenvalue weighted by atomic mass is 9.95. The van der Waals surface area contributed by atoms with Crippen LogP contribution in [-0.2, 0) is 16.1 Å². The third-order valence-corrected chi connectivity index (χ3v) is 5.74. The lowest BCUT2D eigenvalue weighted by molar-refractivity contribution is -0.139. The van der Waals surface area contributed by atoms with Crippen LogP contribution >= 0.6 is 11.6 Å². The number of nitrogens with one attached hydrogen (secondary N) is 1. The largest absolute Gasteiger partial charge is 0.493 e. The first-order valence-corrected chi connectivity index (χ1v) is 11.1. The van der Waals surface area contributed by atoms with E-state index < -0.39 is 17.8 Å². The van der Waals surface area contributed by atoms with Gasteiger partial charge in [0.25, 0.3) is 0 Å².